The van der Waals surface area contributed by atoms with Crippen molar-refractivity contribution in [2.45, 2.75) is 20.5 Å². The number of aliphatic hydroxyl groups excluding tert-OH is 1. The Hall–Kier alpha value is -1.27. The van der Waals surface area contributed by atoms with E-state index in [4.69, 9.17) is 13.6 Å². The average Bonchev–Trinajstić information content (AvgIpc) is 2.39. The predicted molar refractivity (Wildman–Crippen MR) is 69.8 cm³/mol. The molecule has 0 saturated heterocycles. The van der Waals surface area contributed by atoms with Crippen LogP contribution in [-0.4, -0.2) is 23.2 Å². The maximum absolute atomic E-state index is 10.6. The molecule has 0 heterocycles. The SMILES string of the molecule is CCOP(OCC)Oc1ccc([N+](=O)[O-])cc1CO. The minimum Gasteiger partial charge on any atom is -0.426 e. The summed E-state index contributed by atoms with van der Waals surface area (Å²) < 4.78 is 16.0. The second-order valence-electron chi connectivity index (χ2n) is 3.36. The van der Waals surface area contributed by atoms with Gasteiger partial charge < -0.3 is 18.7 Å². The minimum absolute atomic E-state index is 0.103. The van der Waals surface area contributed by atoms with Gasteiger partial charge >= 0.3 is 8.60 Å². The molecule has 8 heteroatoms. The normalized spacial score (nSPS) is 10.7. The minimum atomic E-state index is -1.56. The van der Waals surface area contributed by atoms with Crippen molar-refractivity contribution in [1.82, 2.24) is 0 Å². The Morgan fingerprint density at radius 1 is 1.32 bits per heavy atom. The fourth-order valence-electron chi connectivity index (χ4n) is 1.27. The van der Waals surface area contributed by atoms with Gasteiger partial charge in [0.25, 0.3) is 5.69 Å². The van der Waals surface area contributed by atoms with Crippen molar-refractivity contribution in [3.63, 3.8) is 0 Å². The Bertz CT molecular complexity index is 422. The summed E-state index contributed by atoms with van der Waals surface area (Å²) in [5.74, 6) is 0.320. The molecule has 0 saturated carbocycles. The maximum atomic E-state index is 10.6. The molecule has 1 rings (SSSR count). The van der Waals surface area contributed by atoms with Crippen LogP contribution in [0.4, 0.5) is 5.69 Å². The molecule has 106 valence electrons. The van der Waals surface area contributed by atoms with Crippen molar-refractivity contribution in [2.75, 3.05) is 13.2 Å². The van der Waals surface area contributed by atoms with Crippen LogP contribution in [0.2, 0.25) is 0 Å². The number of rotatable bonds is 8. The molecule has 0 aliphatic heterocycles. The summed E-state index contributed by atoms with van der Waals surface area (Å²) in [6, 6.07) is 4.00. The molecular weight excluding hydrogens is 273 g/mol. The summed E-state index contributed by atoms with van der Waals surface area (Å²) >= 11 is 0. The van der Waals surface area contributed by atoms with Crippen molar-refractivity contribution in [3.05, 3.63) is 33.9 Å². The number of aliphatic hydroxyl groups is 1. The quantitative estimate of drug-likeness (QED) is 0.449. The lowest BCUT2D eigenvalue weighted by molar-refractivity contribution is -0.385. The van der Waals surface area contributed by atoms with Crippen molar-refractivity contribution >= 4 is 14.3 Å². The van der Waals surface area contributed by atoms with E-state index >= 15 is 0 Å². The fourth-order valence-corrected chi connectivity index (χ4v) is 2.21. The molecule has 1 N–H and O–H groups in total. The summed E-state index contributed by atoms with van der Waals surface area (Å²) in [7, 11) is -1.56. The van der Waals surface area contributed by atoms with Crippen molar-refractivity contribution in [1.29, 1.82) is 0 Å². The van der Waals surface area contributed by atoms with Crippen LogP contribution in [0.15, 0.2) is 18.2 Å². The van der Waals surface area contributed by atoms with Gasteiger partial charge in [0.2, 0.25) is 0 Å². The molecule has 0 amide bonds. The molecule has 0 aliphatic rings. The highest BCUT2D eigenvalue weighted by Crippen LogP contribution is 2.42. The number of nitrogens with zero attached hydrogens (tertiary/aromatic N) is 1. The van der Waals surface area contributed by atoms with Crippen LogP contribution in [0, 0.1) is 10.1 Å². The summed E-state index contributed by atoms with van der Waals surface area (Å²) in [6.07, 6.45) is 0. The molecule has 7 nitrogen and oxygen atoms in total. The molecule has 0 unspecified atom stereocenters. The van der Waals surface area contributed by atoms with Crippen LogP contribution < -0.4 is 4.52 Å². The topological polar surface area (TPSA) is 91.1 Å². The first-order valence-electron chi connectivity index (χ1n) is 5.74. The standard InChI is InChI=1S/C11H16NO6P/c1-3-16-19(17-4-2)18-11-6-5-10(12(14)15)7-9(11)8-13/h5-7,13H,3-4,8H2,1-2H3. The lowest BCUT2D eigenvalue weighted by Crippen LogP contribution is -2.00. The number of non-ortho nitro benzene ring substituents is 1. The second-order valence-corrected chi connectivity index (χ2v) is 4.50. The first kappa shape index (κ1) is 15.8. The maximum Gasteiger partial charge on any atom is 0.397 e. The average molecular weight is 289 g/mol. The van der Waals surface area contributed by atoms with Crippen molar-refractivity contribution in [2.24, 2.45) is 0 Å². The monoisotopic (exact) mass is 289 g/mol. The Morgan fingerprint density at radius 2 is 1.95 bits per heavy atom. The van der Waals surface area contributed by atoms with Crippen LogP contribution in [-0.2, 0) is 15.7 Å². The molecule has 0 spiro atoms. The molecular formula is C11H16NO6P. The fraction of sp³-hybridized carbons (Fsp3) is 0.455. The van der Waals surface area contributed by atoms with Crippen LogP contribution in [0.25, 0.3) is 0 Å². The Kier molecular flexibility index (Phi) is 6.66. The van der Waals surface area contributed by atoms with E-state index < -0.39 is 13.5 Å². The van der Waals surface area contributed by atoms with Crippen LogP contribution in [0.1, 0.15) is 19.4 Å². The van der Waals surface area contributed by atoms with Gasteiger partial charge in [-0.3, -0.25) is 10.1 Å². The van der Waals surface area contributed by atoms with Crippen LogP contribution >= 0.6 is 8.60 Å². The molecule has 0 aromatic heterocycles. The van der Waals surface area contributed by atoms with Gasteiger partial charge in [-0.05, 0) is 19.9 Å². The van der Waals surface area contributed by atoms with E-state index in [-0.39, 0.29) is 12.3 Å². The number of hydrogen-bond acceptors (Lipinski definition) is 6. The number of hydrogen-bond donors (Lipinski definition) is 1. The Balaban J connectivity index is 2.89. The zero-order valence-electron chi connectivity index (χ0n) is 10.7. The largest absolute Gasteiger partial charge is 0.426 e. The van der Waals surface area contributed by atoms with Crippen molar-refractivity contribution < 1.29 is 23.6 Å². The molecule has 0 bridgehead atoms. The van der Waals surface area contributed by atoms with E-state index in [2.05, 4.69) is 0 Å². The van der Waals surface area contributed by atoms with Gasteiger partial charge in [-0.2, -0.15) is 0 Å². The van der Waals surface area contributed by atoms with Gasteiger partial charge in [-0.1, -0.05) is 0 Å². The zero-order valence-corrected chi connectivity index (χ0v) is 11.6. The van der Waals surface area contributed by atoms with Gasteiger partial charge in [0.1, 0.15) is 5.75 Å². The summed E-state index contributed by atoms with van der Waals surface area (Å²) in [4.78, 5) is 10.1. The number of nitro groups is 1. The highest BCUT2D eigenvalue weighted by Gasteiger charge is 2.17. The van der Waals surface area contributed by atoms with E-state index in [0.717, 1.165) is 0 Å². The highest BCUT2D eigenvalue weighted by atomic mass is 31.2. The Morgan fingerprint density at radius 3 is 2.42 bits per heavy atom. The first-order valence-corrected chi connectivity index (χ1v) is 6.84. The lowest BCUT2D eigenvalue weighted by Gasteiger charge is -2.17. The van der Waals surface area contributed by atoms with E-state index in [1.165, 1.54) is 18.2 Å². The van der Waals surface area contributed by atoms with Crippen molar-refractivity contribution in [3.8, 4) is 5.75 Å². The molecule has 0 fully saturated rings. The molecule has 1 aromatic rings. The third-order valence-corrected chi connectivity index (χ3v) is 3.35. The summed E-state index contributed by atoms with van der Waals surface area (Å²) in [6.45, 7) is 4.10. The molecule has 0 atom stereocenters. The van der Waals surface area contributed by atoms with E-state index in [0.29, 0.717) is 24.5 Å². The Labute approximate surface area is 112 Å². The van der Waals surface area contributed by atoms with E-state index in [9.17, 15) is 15.2 Å². The zero-order chi connectivity index (χ0) is 14.3. The molecule has 0 aliphatic carbocycles. The number of benzene rings is 1. The predicted octanol–water partition coefficient (Wildman–Crippen LogP) is 2.77. The van der Waals surface area contributed by atoms with E-state index in [1.54, 1.807) is 13.8 Å². The van der Waals surface area contributed by atoms with Gasteiger partial charge in [0.15, 0.2) is 0 Å². The van der Waals surface area contributed by atoms with Gasteiger partial charge in [-0.25, -0.2) is 0 Å². The highest BCUT2D eigenvalue weighted by molar-refractivity contribution is 7.42. The van der Waals surface area contributed by atoms with Gasteiger partial charge in [-0.15, -0.1) is 0 Å². The smallest absolute Gasteiger partial charge is 0.397 e. The first-order chi connectivity index (χ1) is 9.12. The molecule has 19 heavy (non-hydrogen) atoms. The lowest BCUT2D eigenvalue weighted by atomic mass is 10.2. The molecule has 1 aromatic carbocycles. The summed E-state index contributed by atoms with van der Waals surface area (Å²) in [5, 5.41) is 19.9. The molecule has 0 radical (unpaired) electrons. The third-order valence-electron chi connectivity index (χ3n) is 2.07. The van der Waals surface area contributed by atoms with E-state index in [1.807, 2.05) is 0 Å². The second kappa shape index (κ2) is 8.01. The van der Waals surface area contributed by atoms with Gasteiger partial charge in [0.05, 0.1) is 24.7 Å². The van der Waals surface area contributed by atoms with Gasteiger partial charge in [0, 0.05) is 17.7 Å². The summed E-state index contributed by atoms with van der Waals surface area (Å²) in [5.41, 5.74) is 0.217. The van der Waals surface area contributed by atoms with Crippen LogP contribution in [0.5, 0.6) is 5.75 Å². The van der Waals surface area contributed by atoms with Crippen LogP contribution in [0.3, 0.4) is 0 Å². The number of nitro benzene ring substituents is 1. The third kappa shape index (κ3) is 4.72.